The van der Waals surface area contributed by atoms with Gasteiger partial charge in [-0.05, 0) is 30.7 Å². The van der Waals surface area contributed by atoms with Crippen molar-refractivity contribution in [2.45, 2.75) is 19.8 Å². The van der Waals surface area contributed by atoms with Crippen molar-refractivity contribution in [2.75, 3.05) is 0 Å². The first kappa shape index (κ1) is 17.9. The summed E-state index contributed by atoms with van der Waals surface area (Å²) in [6.07, 6.45) is 2.08. The third-order valence-electron chi connectivity index (χ3n) is 2.84. The van der Waals surface area contributed by atoms with E-state index < -0.39 is 11.4 Å². The normalized spacial score (nSPS) is 10.0. The number of aromatic nitrogens is 2. The van der Waals surface area contributed by atoms with Crippen molar-refractivity contribution < 1.29 is 39.5 Å². The molecule has 104 valence electrons. The summed E-state index contributed by atoms with van der Waals surface area (Å²) in [5.74, 6) is -1.48. The second-order valence-corrected chi connectivity index (χ2v) is 4.69. The van der Waals surface area contributed by atoms with Crippen molar-refractivity contribution in [3.05, 3.63) is 57.0 Å². The van der Waals surface area contributed by atoms with Gasteiger partial charge in [0.2, 0.25) is 5.43 Å². The Morgan fingerprint density at radius 2 is 1.95 bits per heavy atom. The third-order valence-corrected chi connectivity index (χ3v) is 3.10. The fourth-order valence-electron chi connectivity index (χ4n) is 1.98. The molecule has 0 aliphatic heterocycles. The molecule has 0 atom stereocenters. The van der Waals surface area contributed by atoms with Crippen LogP contribution >= 0.6 is 11.6 Å². The number of carbonyl (C=O) groups excluding carboxylic acids is 1. The minimum Gasteiger partial charge on any atom is -0.545 e. The van der Waals surface area contributed by atoms with Gasteiger partial charge >= 0.3 is 29.6 Å². The molecule has 0 amide bonds. The first-order chi connectivity index (χ1) is 9.54. The first-order valence-electron chi connectivity index (χ1n) is 6.13. The van der Waals surface area contributed by atoms with Crippen LogP contribution in [0.1, 0.15) is 29.4 Å². The average molecular weight is 315 g/mol. The van der Waals surface area contributed by atoms with Crippen LogP contribution in [0.5, 0.6) is 0 Å². The molecule has 0 radical (unpaired) electrons. The zero-order valence-electron chi connectivity index (χ0n) is 11.8. The molecule has 5 nitrogen and oxygen atoms in total. The van der Waals surface area contributed by atoms with E-state index in [1.54, 1.807) is 24.3 Å². The molecule has 2 aromatic rings. The topological polar surface area (TPSA) is 75.0 Å². The minimum atomic E-state index is -1.48. The molecule has 0 bridgehead atoms. The van der Waals surface area contributed by atoms with Crippen LogP contribution in [-0.4, -0.2) is 15.7 Å². The second kappa shape index (κ2) is 7.75. The molecule has 0 saturated carbocycles. The SMILES string of the molecule is CCCc1c(C(=O)[O-])c(=O)cnn1-c1ccc(Cl)cc1.[Na+]. The fraction of sp³-hybridized carbons (Fsp3) is 0.214. The van der Waals surface area contributed by atoms with Gasteiger partial charge in [-0.25, -0.2) is 4.68 Å². The molecule has 0 unspecified atom stereocenters. The zero-order valence-corrected chi connectivity index (χ0v) is 14.6. The van der Waals surface area contributed by atoms with Gasteiger partial charge in [0.25, 0.3) is 0 Å². The van der Waals surface area contributed by atoms with Crippen LogP contribution in [-0.2, 0) is 6.42 Å². The van der Waals surface area contributed by atoms with Crippen LogP contribution < -0.4 is 40.1 Å². The summed E-state index contributed by atoms with van der Waals surface area (Å²) in [6.45, 7) is 1.89. The molecule has 0 aliphatic rings. The van der Waals surface area contributed by atoms with Crippen LogP contribution in [0.25, 0.3) is 5.69 Å². The minimum absolute atomic E-state index is 0. The molecule has 0 fully saturated rings. The average Bonchev–Trinajstić information content (AvgIpc) is 2.40. The van der Waals surface area contributed by atoms with Crippen molar-refractivity contribution in [1.29, 1.82) is 0 Å². The Bertz CT molecular complexity index is 698. The van der Waals surface area contributed by atoms with Gasteiger partial charge in [-0.3, -0.25) is 4.79 Å². The van der Waals surface area contributed by atoms with Gasteiger partial charge in [0.05, 0.1) is 29.1 Å². The number of benzene rings is 1. The van der Waals surface area contributed by atoms with E-state index in [1.807, 2.05) is 6.92 Å². The van der Waals surface area contributed by atoms with Crippen molar-refractivity contribution >= 4 is 17.6 Å². The molecule has 1 aromatic heterocycles. The molecule has 1 aromatic carbocycles. The quantitative estimate of drug-likeness (QED) is 0.625. The third kappa shape index (κ3) is 3.95. The Morgan fingerprint density at radius 1 is 1.33 bits per heavy atom. The Hall–Kier alpha value is -1.14. The fourth-order valence-corrected chi connectivity index (χ4v) is 2.11. The predicted molar refractivity (Wildman–Crippen MR) is 73.2 cm³/mol. The Labute approximate surface area is 148 Å². The maximum atomic E-state index is 11.7. The summed E-state index contributed by atoms with van der Waals surface area (Å²) < 4.78 is 1.44. The van der Waals surface area contributed by atoms with E-state index in [2.05, 4.69) is 5.10 Å². The van der Waals surface area contributed by atoms with Gasteiger partial charge in [0.1, 0.15) is 0 Å². The van der Waals surface area contributed by atoms with E-state index in [-0.39, 0.29) is 35.1 Å². The molecule has 21 heavy (non-hydrogen) atoms. The summed E-state index contributed by atoms with van der Waals surface area (Å²) >= 11 is 5.82. The number of hydrogen-bond donors (Lipinski definition) is 0. The summed E-state index contributed by atoms with van der Waals surface area (Å²) in [6, 6.07) is 6.76. The van der Waals surface area contributed by atoms with Crippen LogP contribution in [0, 0.1) is 0 Å². The molecule has 0 spiro atoms. The summed E-state index contributed by atoms with van der Waals surface area (Å²) in [5.41, 5.74) is -0.00173. The van der Waals surface area contributed by atoms with E-state index in [9.17, 15) is 14.7 Å². The molecule has 7 heteroatoms. The van der Waals surface area contributed by atoms with E-state index in [4.69, 9.17) is 11.6 Å². The number of halogens is 1. The smallest absolute Gasteiger partial charge is 0.545 e. The van der Waals surface area contributed by atoms with Crippen molar-refractivity contribution in [3.8, 4) is 5.69 Å². The molecule has 0 aliphatic carbocycles. The van der Waals surface area contributed by atoms with Gasteiger partial charge in [0, 0.05) is 5.02 Å². The second-order valence-electron chi connectivity index (χ2n) is 4.26. The molecular weight excluding hydrogens is 303 g/mol. The predicted octanol–water partition coefficient (Wildman–Crippen LogP) is -1.79. The van der Waals surface area contributed by atoms with Crippen LogP contribution in [0.2, 0.25) is 5.02 Å². The van der Waals surface area contributed by atoms with Gasteiger partial charge in [0.15, 0.2) is 0 Å². The van der Waals surface area contributed by atoms with Crippen molar-refractivity contribution in [2.24, 2.45) is 0 Å². The number of hydrogen-bond acceptors (Lipinski definition) is 4. The molecule has 0 N–H and O–H groups in total. The number of nitrogens with zero attached hydrogens (tertiary/aromatic N) is 2. The van der Waals surface area contributed by atoms with Crippen molar-refractivity contribution in [1.82, 2.24) is 9.78 Å². The van der Waals surface area contributed by atoms with Gasteiger partial charge in [-0.15, -0.1) is 0 Å². The van der Waals surface area contributed by atoms with E-state index in [1.165, 1.54) is 4.68 Å². The molecule has 1 heterocycles. The number of rotatable bonds is 4. The van der Waals surface area contributed by atoms with Crippen LogP contribution in [0.4, 0.5) is 0 Å². The van der Waals surface area contributed by atoms with Crippen LogP contribution in [0.3, 0.4) is 0 Å². The van der Waals surface area contributed by atoms with Gasteiger partial charge in [-0.1, -0.05) is 24.9 Å². The van der Waals surface area contributed by atoms with Gasteiger partial charge < -0.3 is 9.90 Å². The van der Waals surface area contributed by atoms with E-state index in [0.717, 1.165) is 6.20 Å². The van der Waals surface area contributed by atoms with Gasteiger partial charge in [-0.2, -0.15) is 5.10 Å². The summed E-state index contributed by atoms with van der Waals surface area (Å²) in [7, 11) is 0. The standard InChI is InChI=1S/C14H13ClN2O3.Na/c1-2-3-11-13(14(19)20)12(18)8-16-17(11)10-6-4-9(15)5-7-10;/h4-8H,2-3H2,1H3,(H,19,20);/q;+1/p-1. The summed E-state index contributed by atoms with van der Waals surface area (Å²) in [5, 5.41) is 15.8. The molecule has 2 rings (SSSR count). The van der Waals surface area contributed by atoms with E-state index in [0.29, 0.717) is 29.2 Å². The number of carboxylic acids is 1. The number of carboxylic acid groups (broad SMARTS) is 1. The number of aromatic carboxylic acids is 1. The Kier molecular flexibility index (Phi) is 6.61. The number of carbonyl (C=O) groups is 1. The maximum Gasteiger partial charge on any atom is 1.00 e. The molecular formula is C14H12ClN2NaO3. The summed E-state index contributed by atoms with van der Waals surface area (Å²) in [4.78, 5) is 22.9. The monoisotopic (exact) mass is 314 g/mol. The van der Waals surface area contributed by atoms with Crippen molar-refractivity contribution in [3.63, 3.8) is 0 Å². The molecule has 0 saturated heterocycles. The van der Waals surface area contributed by atoms with E-state index >= 15 is 0 Å². The largest absolute Gasteiger partial charge is 1.00 e. The Balaban J connectivity index is 0.00000220. The van der Waals surface area contributed by atoms with Crippen LogP contribution in [0.15, 0.2) is 35.3 Å². The maximum absolute atomic E-state index is 11.7. The first-order valence-corrected chi connectivity index (χ1v) is 6.51. The Morgan fingerprint density at radius 3 is 2.48 bits per heavy atom. The zero-order chi connectivity index (χ0) is 14.7.